The normalized spacial score (nSPS) is 15.0. The first-order chi connectivity index (χ1) is 18.8. The summed E-state index contributed by atoms with van der Waals surface area (Å²) in [5.74, 6) is 0. The van der Waals surface area contributed by atoms with E-state index in [4.69, 9.17) is 12.6 Å². The van der Waals surface area contributed by atoms with E-state index in [0.717, 1.165) is 44.1 Å². The molecule has 0 aliphatic carbocycles. The molecule has 0 fully saturated rings. The summed E-state index contributed by atoms with van der Waals surface area (Å²) in [7, 11) is 1.81. The Morgan fingerprint density at radius 2 is 1.62 bits per heavy atom. The van der Waals surface area contributed by atoms with Gasteiger partial charge in [0.15, 0.2) is 6.20 Å². The summed E-state index contributed by atoms with van der Waals surface area (Å²) in [6, 6.07) is 23.2. The fraction of sp³-hybridized carbons (Fsp3) is 0.156. The van der Waals surface area contributed by atoms with Crippen molar-refractivity contribution in [3.05, 3.63) is 101 Å². The number of benzene rings is 4. The smallest absolute Gasteiger partial charge is 0.216 e. The Kier molecular flexibility index (Phi) is 3.35. The van der Waals surface area contributed by atoms with Gasteiger partial charge in [0.25, 0.3) is 0 Å². The molecule has 0 aliphatic rings. The molecule has 6 aromatic rings. The predicted molar refractivity (Wildman–Crippen MR) is 142 cm³/mol. The van der Waals surface area contributed by atoms with Gasteiger partial charge in [0, 0.05) is 30.6 Å². The third-order valence-electron chi connectivity index (χ3n) is 6.67. The maximum absolute atomic E-state index is 8.35. The van der Waals surface area contributed by atoms with Crippen molar-refractivity contribution in [2.75, 3.05) is 0 Å². The highest BCUT2D eigenvalue weighted by atomic mass is 16.3. The second kappa shape index (κ2) is 7.56. The number of fused-ring (bicyclic) bond motifs is 4. The van der Waals surface area contributed by atoms with E-state index in [9.17, 15) is 0 Å². The summed E-state index contributed by atoms with van der Waals surface area (Å²) in [5, 5.41) is 3.31. The van der Waals surface area contributed by atoms with Crippen LogP contribution in [-0.2, 0) is 7.05 Å². The second-order valence-corrected chi connectivity index (χ2v) is 9.08. The van der Waals surface area contributed by atoms with Crippen molar-refractivity contribution in [2.45, 2.75) is 27.6 Å². The Hall–Kier alpha value is -3.91. The Morgan fingerprint density at radius 3 is 2.41 bits per heavy atom. The summed E-state index contributed by atoms with van der Waals surface area (Å²) in [4.78, 5) is 0. The van der Waals surface area contributed by atoms with Crippen LogP contribution in [0.1, 0.15) is 30.5 Å². The zero-order valence-electron chi connectivity index (χ0n) is 25.4. The van der Waals surface area contributed by atoms with Crippen molar-refractivity contribution < 1.29 is 17.2 Å². The zero-order valence-corrected chi connectivity index (χ0v) is 19.4. The number of aryl methyl sites for hydroxylation is 5. The number of hydrogen-bond donors (Lipinski definition) is 0. The van der Waals surface area contributed by atoms with Gasteiger partial charge in [0.1, 0.15) is 18.2 Å². The van der Waals surface area contributed by atoms with E-state index in [1.54, 1.807) is 16.8 Å². The molecular weight excluding hydrogens is 414 g/mol. The number of aromatic nitrogens is 1. The molecule has 2 heterocycles. The van der Waals surface area contributed by atoms with Crippen LogP contribution >= 0.6 is 0 Å². The van der Waals surface area contributed by atoms with E-state index in [1.807, 2.05) is 81.6 Å². The predicted octanol–water partition coefficient (Wildman–Crippen LogP) is 8.13. The molecule has 0 bridgehead atoms. The largest absolute Gasteiger partial charge is 0.455 e. The lowest BCUT2D eigenvalue weighted by atomic mass is 9.94. The van der Waals surface area contributed by atoms with E-state index in [1.165, 1.54) is 0 Å². The molecule has 0 saturated carbocycles. The molecule has 0 atom stereocenters. The highest BCUT2D eigenvalue weighted by Gasteiger charge is 2.24. The average molecular weight is 449 g/mol. The third kappa shape index (κ3) is 3.13. The minimum absolute atomic E-state index is 0.236. The van der Waals surface area contributed by atoms with Crippen LogP contribution in [0.4, 0.5) is 0 Å². The maximum atomic E-state index is 8.35. The number of hydrogen-bond acceptors (Lipinski definition) is 1. The van der Waals surface area contributed by atoms with Crippen LogP contribution in [0.15, 0.2) is 83.4 Å². The standard InChI is InChI=1S/C32H28NO/c1-19-11-12-24-16-29-27(15-25(24)13-19)30-20(2)14-21(3)31(32(30)34-29)28-17-26(22(4)18-33(28)5)23-9-7-6-8-10-23/h6-18H,1-5H3/q+1/i2D3,4D3. The molecule has 6 rings (SSSR count). The monoisotopic (exact) mass is 448 g/mol. The summed E-state index contributed by atoms with van der Waals surface area (Å²) >= 11 is 0. The lowest BCUT2D eigenvalue weighted by Crippen LogP contribution is -2.31. The van der Waals surface area contributed by atoms with Gasteiger partial charge in [-0.2, -0.15) is 0 Å². The second-order valence-electron chi connectivity index (χ2n) is 9.08. The Labute approximate surface area is 208 Å². The van der Waals surface area contributed by atoms with Crippen LogP contribution in [0.2, 0.25) is 0 Å². The van der Waals surface area contributed by atoms with E-state index in [0.29, 0.717) is 22.1 Å². The molecule has 2 aromatic heterocycles. The number of furan rings is 1. The highest BCUT2D eigenvalue weighted by molar-refractivity contribution is 6.14. The van der Waals surface area contributed by atoms with E-state index in [2.05, 4.69) is 6.07 Å². The van der Waals surface area contributed by atoms with Crippen molar-refractivity contribution in [2.24, 2.45) is 7.05 Å². The van der Waals surface area contributed by atoms with Crippen LogP contribution in [0.3, 0.4) is 0 Å². The summed E-state index contributed by atoms with van der Waals surface area (Å²) in [6.45, 7) is -0.784. The van der Waals surface area contributed by atoms with E-state index in [-0.39, 0.29) is 11.1 Å². The van der Waals surface area contributed by atoms with Crippen molar-refractivity contribution in [3.63, 3.8) is 0 Å². The molecule has 4 aromatic carbocycles. The van der Waals surface area contributed by atoms with Gasteiger partial charge in [-0.25, -0.2) is 4.57 Å². The first kappa shape index (κ1) is 15.1. The van der Waals surface area contributed by atoms with Gasteiger partial charge in [0.2, 0.25) is 5.69 Å². The minimum atomic E-state index is -2.36. The molecule has 0 N–H and O–H groups in total. The molecule has 166 valence electrons. The minimum Gasteiger partial charge on any atom is -0.455 e. The first-order valence-electron chi connectivity index (χ1n) is 14.3. The van der Waals surface area contributed by atoms with Crippen molar-refractivity contribution in [3.8, 4) is 22.4 Å². The molecule has 2 heteroatoms. The molecule has 0 saturated heterocycles. The van der Waals surface area contributed by atoms with Crippen molar-refractivity contribution >= 4 is 32.7 Å². The molecular formula is C32H28NO+. The van der Waals surface area contributed by atoms with E-state index < -0.39 is 13.7 Å². The van der Waals surface area contributed by atoms with Crippen LogP contribution in [-0.4, -0.2) is 0 Å². The Morgan fingerprint density at radius 1 is 0.794 bits per heavy atom. The van der Waals surface area contributed by atoms with Gasteiger partial charge in [-0.3, -0.25) is 0 Å². The number of nitrogens with zero attached hydrogens (tertiary/aromatic N) is 1. The molecule has 0 unspecified atom stereocenters. The number of pyridine rings is 1. The van der Waals surface area contributed by atoms with Crippen molar-refractivity contribution in [1.29, 1.82) is 0 Å². The quantitative estimate of drug-likeness (QED) is 0.244. The van der Waals surface area contributed by atoms with Gasteiger partial charge < -0.3 is 4.42 Å². The van der Waals surface area contributed by atoms with Gasteiger partial charge in [-0.05, 0) is 72.7 Å². The lowest BCUT2D eigenvalue weighted by Gasteiger charge is -2.11. The molecule has 0 spiro atoms. The lowest BCUT2D eigenvalue weighted by molar-refractivity contribution is -0.660. The van der Waals surface area contributed by atoms with Gasteiger partial charge >= 0.3 is 0 Å². The molecule has 2 nitrogen and oxygen atoms in total. The summed E-state index contributed by atoms with van der Waals surface area (Å²) in [5.41, 5.74) is 6.24. The Bertz CT molecular complexity index is 1950. The average Bonchev–Trinajstić information content (AvgIpc) is 3.24. The first-order valence-corrected chi connectivity index (χ1v) is 11.3. The van der Waals surface area contributed by atoms with Crippen LogP contribution < -0.4 is 4.57 Å². The molecule has 0 radical (unpaired) electrons. The van der Waals surface area contributed by atoms with Gasteiger partial charge in [-0.15, -0.1) is 0 Å². The maximum Gasteiger partial charge on any atom is 0.216 e. The van der Waals surface area contributed by atoms with Gasteiger partial charge in [0.05, 0.1) is 5.56 Å². The Balaban J connectivity index is 1.75. The van der Waals surface area contributed by atoms with Crippen LogP contribution in [0.5, 0.6) is 0 Å². The van der Waals surface area contributed by atoms with Crippen LogP contribution in [0, 0.1) is 27.6 Å². The van der Waals surface area contributed by atoms with Crippen LogP contribution in [0.25, 0.3) is 55.1 Å². The van der Waals surface area contributed by atoms with Crippen molar-refractivity contribution in [1.82, 2.24) is 0 Å². The van der Waals surface area contributed by atoms with E-state index >= 15 is 0 Å². The highest BCUT2D eigenvalue weighted by Crippen LogP contribution is 2.41. The van der Waals surface area contributed by atoms with Gasteiger partial charge in [-0.1, -0.05) is 60.2 Å². The summed E-state index contributed by atoms with van der Waals surface area (Å²) < 4.78 is 58.0. The third-order valence-corrected chi connectivity index (χ3v) is 6.67. The fourth-order valence-corrected chi connectivity index (χ4v) is 5.02. The zero-order chi connectivity index (χ0) is 28.6. The number of rotatable bonds is 2. The summed E-state index contributed by atoms with van der Waals surface area (Å²) in [6.07, 6.45) is 1.65. The topological polar surface area (TPSA) is 17.0 Å². The molecule has 0 amide bonds. The molecule has 34 heavy (non-hydrogen) atoms. The molecule has 0 aliphatic heterocycles. The SMILES string of the molecule is [2H]C([2H])([2H])c1c[n+](C)c(-c2c(C)cc(C([2H])([2H])[2H])c3c2oc2cc4ccc(C)cc4cc23)cc1-c1ccccc1. The fourth-order valence-electron chi connectivity index (χ4n) is 5.02.